The molecule has 0 aliphatic rings. The summed E-state index contributed by atoms with van der Waals surface area (Å²) in [5, 5.41) is 0. The maximum absolute atomic E-state index is 10.2. The van der Waals surface area contributed by atoms with Crippen LogP contribution in [0.25, 0.3) is 0 Å². The Morgan fingerprint density at radius 1 is 1.62 bits per heavy atom. The first-order chi connectivity index (χ1) is 3.18. The van der Waals surface area contributed by atoms with E-state index in [0.717, 1.165) is 0 Å². The first-order valence-corrected chi connectivity index (χ1v) is 1.92. The fourth-order valence-electron chi connectivity index (χ4n) is 0.174. The van der Waals surface area contributed by atoms with Gasteiger partial charge in [-0.2, -0.15) is 0 Å². The van der Waals surface area contributed by atoms with Gasteiger partial charge in [-0.05, 0) is 6.92 Å². The molecule has 0 aromatic heterocycles. The van der Waals surface area contributed by atoms with Crippen molar-refractivity contribution in [2.45, 2.75) is 6.92 Å². The molecule has 44 valence electrons. The van der Waals surface area contributed by atoms with Crippen molar-refractivity contribution in [2.75, 3.05) is 7.11 Å². The molecule has 0 fully saturated rings. The second-order valence-electron chi connectivity index (χ2n) is 1.27. The average molecular weight is 148 g/mol. The van der Waals surface area contributed by atoms with Gasteiger partial charge in [0.05, 0.1) is 7.11 Å². The molecule has 2 nitrogen and oxygen atoms in total. The van der Waals surface area contributed by atoms with Gasteiger partial charge in [-0.25, -0.2) is 4.79 Å². The molecule has 0 saturated carbocycles. The zero-order chi connectivity index (χ0) is 5.86. The topological polar surface area (TPSA) is 26.3 Å². The van der Waals surface area contributed by atoms with E-state index in [1.54, 1.807) is 6.92 Å². The molecule has 0 unspecified atom stereocenters. The van der Waals surface area contributed by atoms with Crippen LogP contribution in [0.4, 0.5) is 0 Å². The van der Waals surface area contributed by atoms with Crippen LogP contribution in [0.3, 0.4) is 0 Å². The van der Waals surface area contributed by atoms with Gasteiger partial charge in [0.1, 0.15) is 0 Å². The van der Waals surface area contributed by atoms with E-state index in [1.807, 2.05) is 0 Å². The van der Waals surface area contributed by atoms with Crippen LogP contribution in [0.2, 0.25) is 0 Å². The Morgan fingerprint density at radius 3 is 2.00 bits per heavy atom. The number of hydrogen-bond acceptors (Lipinski definition) is 2. The minimum atomic E-state index is -0.347. The van der Waals surface area contributed by atoms with Gasteiger partial charge in [0, 0.05) is 27.3 Å². The first-order valence-electron chi connectivity index (χ1n) is 1.92. The molecule has 8 heavy (non-hydrogen) atoms. The van der Waals surface area contributed by atoms with Gasteiger partial charge in [0.2, 0.25) is 0 Å². The molecule has 3 heteroatoms. The Balaban J connectivity index is 0. The molecule has 0 radical (unpaired) electrons. The maximum Gasteiger partial charge on any atom is 0.332 e. The quantitative estimate of drug-likeness (QED) is 0.311. The van der Waals surface area contributed by atoms with Gasteiger partial charge in [-0.15, -0.1) is 0 Å². The molecule has 0 aromatic carbocycles. The van der Waals surface area contributed by atoms with Crippen LogP contribution in [0.15, 0.2) is 12.2 Å². The summed E-state index contributed by atoms with van der Waals surface area (Å²) in [4.78, 5) is 10.2. The number of carbonyl (C=O) groups is 1. The number of methoxy groups -OCH3 is 1. The summed E-state index contributed by atoms with van der Waals surface area (Å²) in [7, 11) is 1.33. The monoisotopic (exact) mass is 148 g/mol. The Bertz CT molecular complexity index is 98.6. The van der Waals surface area contributed by atoms with Crippen molar-refractivity contribution in [1.82, 2.24) is 0 Å². The van der Waals surface area contributed by atoms with Crippen LogP contribution in [0.1, 0.15) is 6.92 Å². The standard InChI is InChI=1S/C5H8O2.Ti/c1-4(2)5(6)7-3;/h1H2,2-3H3;. The van der Waals surface area contributed by atoms with Crippen molar-refractivity contribution >= 4 is 5.97 Å². The van der Waals surface area contributed by atoms with Crippen molar-refractivity contribution in [3.8, 4) is 0 Å². The van der Waals surface area contributed by atoms with E-state index in [4.69, 9.17) is 0 Å². The minimum absolute atomic E-state index is 0. The molecule has 0 N–H and O–H groups in total. The second kappa shape index (κ2) is 5.07. The van der Waals surface area contributed by atoms with E-state index in [9.17, 15) is 4.79 Å². The normalized spacial score (nSPS) is 6.75. The third-order valence-electron chi connectivity index (χ3n) is 0.534. The van der Waals surface area contributed by atoms with Crippen LogP contribution in [0, 0.1) is 0 Å². The van der Waals surface area contributed by atoms with Crippen LogP contribution in [-0.4, -0.2) is 13.1 Å². The van der Waals surface area contributed by atoms with E-state index in [2.05, 4.69) is 11.3 Å². The molecule has 0 rings (SSSR count). The van der Waals surface area contributed by atoms with E-state index in [-0.39, 0.29) is 27.7 Å². The number of rotatable bonds is 1. The van der Waals surface area contributed by atoms with E-state index >= 15 is 0 Å². The van der Waals surface area contributed by atoms with Crippen LogP contribution in [-0.2, 0) is 31.2 Å². The molecular weight excluding hydrogens is 140 g/mol. The molecule has 0 amide bonds. The molecule has 0 aliphatic carbocycles. The van der Waals surface area contributed by atoms with Crippen LogP contribution in [0.5, 0.6) is 0 Å². The Kier molecular flexibility index (Phi) is 6.86. The third kappa shape index (κ3) is 4.09. The third-order valence-corrected chi connectivity index (χ3v) is 0.534. The predicted octanol–water partition coefficient (Wildman–Crippen LogP) is 0.733. The van der Waals surface area contributed by atoms with Gasteiger partial charge < -0.3 is 4.74 Å². The van der Waals surface area contributed by atoms with Crippen molar-refractivity contribution < 1.29 is 31.2 Å². The van der Waals surface area contributed by atoms with Gasteiger partial charge in [-0.1, -0.05) is 6.58 Å². The average Bonchev–Trinajstić information content (AvgIpc) is 1.65. The zero-order valence-electron chi connectivity index (χ0n) is 5.02. The molecule has 0 spiro atoms. The Morgan fingerprint density at radius 2 is 2.00 bits per heavy atom. The smallest absolute Gasteiger partial charge is 0.332 e. The Hall–Kier alpha value is -0.0757. The summed E-state index contributed by atoms with van der Waals surface area (Å²) in [5.41, 5.74) is 0.433. The summed E-state index contributed by atoms with van der Waals surface area (Å²) in [6.45, 7) is 4.95. The van der Waals surface area contributed by atoms with Gasteiger partial charge in [0.15, 0.2) is 0 Å². The number of ether oxygens (including phenoxy) is 1. The van der Waals surface area contributed by atoms with E-state index in [0.29, 0.717) is 5.57 Å². The summed E-state index contributed by atoms with van der Waals surface area (Å²) in [5.74, 6) is -0.347. The molecule has 0 saturated heterocycles. The molecular formula is C5H8O2Ti. The van der Waals surface area contributed by atoms with Crippen molar-refractivity contribution in [2.24, 2.45) is 0 Å². The molecule has 0 aliphatic heterocycles. The molecule has 0 atom stereocenters. The number of carbonyl (C=O) groups excluding carboxylic acids is 1. The SMILES string of the molecule is C=C(C)C(=O)OC.[Ti]. The fourth-order valence-corrected chi connectivity index (χ4v) is 0.174. The molecule has 0 bridgehead atoms. The number of hydrogen-bond donors (Lipinski definition) is 0. The second-order valence-corrected chi connectivity index (χ2v) is 1.27. The first kappa shape index (κ1) is 10.8. The number of esters is 1. The zero-order valence-corrected chi connectivity index (χ0v) is 6.59. The van der Waals surface area contributed by atoms with Crippen molar-refractivity contribution in [1.29, 1.82) is 0 Å². The molecule has 0 heterocycles. The van der Waals surface area contributed by atoms with Gasteiger partial charge >= 0.3 is 5.97 Å². The summed E-state index contributed by atoms with van der Waals surface area (Å²) in [6.07, 6.45) is 0. The van der Waals surface area contributed by atoms with E-state index in [1.165, 1.54) is 7.11 Å². The fraction of sp³-hybridized carbons (Fsp3) is 0.400. The molecule has 0 aromatic rings. The van der Waals surface area contributed by atoms with Gasteiger partial charge in [-0.3, -0.25) is 0 Å². The summed E-state index contributed by atoms with van der Waals surface area (Å²) in [6, 6.07) is 0. The van der Waals surface area contributed by atoms with Crippen molar-refractivity contribution in [3.63, 3.8) is 0 Å². The largest absolute Gasteiger partial charge is 0.466 e. The van der Waals surface area contributed by atoms with Gasteiger partial charge in [0.25, 0.3) is 0 Å². The van der Waals surface area contributed by atoms with E-state index < -0.39 is 0 Å². The maximum atomic E-state index is 10.2. The predicted molar refractivity (Wildman–Crippen MR) is 26.8 cm³/mol. The summed E-state index contributed by atoms with van der Waals surface area (Å²) < 4.78 is 4.27. The van der Waals surface area contributed by atoms with Crippen molar-refractivity contribution in [3.05, 3.63) is 12.2 Å². The van der Waals surface area contributed by atoms with Crippen LogP contribution < -0.4 is 0 Å². The van der Waals surface area contributed by atoms with Crippen LogP contribution >= 0.6 is 0 Å². The summed E-state index contributed by atoms with van der Waals surface area (Å²) >= 11 is 0. The minimum Gasteiger partial charge on any atom is -0.466 e. The Labute approximate surface area is 63.8 Å².